The number of hydrogen-bond acceptors (Lipinski definition) is 1. The van der Waals surface area contributed by atoms with Crippen LogP contribution in [0.4, 0.5) is 8.78 Å². The van der Waals surface area contributed by atoms with Gasteiger partial charge in [-0.2, -0.15) is 0 Å². The second-order valence-electron chi connectivity index (χ2n) is 4.70. The van der Waals surface area contributed by atoms with E-state index in [1.54, 1.807) is 18.2 Å². The number of epoxide rings is 1. The van der Waals surface area contributed by atoms with Gasteiger partial charge in [-0.25, -0.2) is 8.78 Å². The third-order valence-electron chi connectivity index (χ3n) is 3.43. The molecule has 1 aliphatic rings. The lowest BCUT2D eigenvalue weighted by Gasteiger charge is -2.11. The molecule has 0 N–H and O–H groups in total. The highest BCUT2D eigenvalue weighted by molar-refractivity contribution is 6.30. The zero-order valence-corrected chi connectivity index (χ0v) is 11.8. The van der Waals surface area contributed by atoms with Crippen molar-refractivity contribution in [1.82, 2.24) is 0 Å². The summed E-state index contributed by atoms with van der Waals surface area (Å²) in [5.74, 6) is -1.02. The van der Waals surface area contributed by atoms with E-state index in [-0.39, 0.29) is 11.4 Å². The van der Waals surface area contributed by atoms with Gasteiger partial charge in [0.2, 0.25) is 0 Å². The minimum Gasteiger partial charge on any atom is -0.354 e. The molecule has 0 amide bonds. The molecule has 20 heavy (non-hydrogen) atoms. The summed E-state index contributed by atoms with van der Waals surface area (Å²) in [6, 6.07) is 10.3. The fraction of sp³-hybridized carbons (Fsp3) is 0.200. The van der Waals surface area contributed by atoms with E-state index in [0.29, 0.717) is 5.02 Å². The number of halogens is 4. The van der Waals surface area contributed by atoms with Gasteiger partial charge in [-0.05, 0) is 35.9 Å². The first kappa shape index (κ1) is 13.8. The lowest BCUT2D eigenvalue weighted by atomic mass is 9.93. The quantitative estimate of drug-likeness (QED) is 0.584. The molecule has 5 heteroatoms. The highest BCUT2D eigenvalue weighted by atomic mass is 35.5. The smallest absolute Gasteiger partial charge is 0.141 e. The fourth-order valence-electron chi connectivity index (χ4n) is 2.38. The highest BCUT2D eigenvalue weighted by Crippen LogP contribution is 2.58. The Bertz CT molecular complexity index is 662. The first-order valence-corrected chi connectivity index (χ1v) is 6.93. The summed E-state index contributed by atoms with van der Waals surface area (Å²) in [5.41, 5.74) is -0.0994. The van der Waals surface area contributed by atoms with Gasteiger partial charge in [0.05, 0.1) is 5.88 Å². The van der Waals surface area contributed by atoms with E-state index in [1.807, 2.05) is 6.07 Å². The van der Waals surface area contributed by atoms with Crippen LogP contribution in [0.15, 0.2) is 42.5 Å². The predicted molar refractivity (Wildman–Crippen MR) is 74.0 cm³/mol. The summed E-state index contributed by atoms with van der Waals surface area (Å²) >= 11 is 11.9. The third kappa shape index (κ3) is 2.20. The molecule has 2 unspecified atom stereocenters. The van der Waals surface area contributed by atoms with Crippen molar-refractivity contribution >= 4 is 23.2 Å². The summed E-state index contributed by atoms with van der Waals surface area (Å²) in [7, 11) is 0. The van der Waals surface area contributed by atoms with Crippen molar-refractivity contribution in [3.63, 3.8) is 0 Å². The molecule has 0 spiro atoms. The van der Waals surface area contributed by atoms with Gasteiger partial charge in [0.1, 0.15) is 23.3 Å². The van der Waals surface area contributed by atoms with Crippen LogP contribution in [0.5, 0.6) is 0 Å². The van der Waals surface area contributed by atoms with Gasteiger partial charge in [-0.1, -0.05) is 23.7 Å². The van der Waals surface area contributed by atoms with Crippen LogP contribution < -0.4 is 0 Å². The maximum Gasteiger partial charge on any atom is 0.141 e. The zero-order valence-electron chi connectivity index (χ0n) is 10.2. The van der Waals surface area contributed by atoms with Crippen molar-refractivity contribution in [2.45, 2.75) is 11.7 Å². The van der Waals surface area contributed by atoms with E-state index in [2.05, 4.69) is 0 Å². The monoisotopic (exact) mass is 314 g/mol. The van der Waals surface area contributed by atoms with E-state index in [4.69, 9.17) is 27.9 Å². The molecule has 0 aliphatic carbocycles. The molecule has 0 bridgehead atoms. The molecule has 0 radical (unpaired) electrons. The molecule has 0 saturated carbocycles. The van der Waals surface area contributed by atoms with Crippen LogP contribution in [0, 0.1) is 11.6 Å². The number of hydrogen-bond donors (Lipinski definition) is 0. The first-order chi connectivity index (χ1) is 9.56. The zero-order chi connectivity index (χ0) is 14.3. The summed E-state index contributed by atoms with van der Waals surface area (Å²) in [4.78, 5) is 0. The normalized spacial score (nSPS) is 24.7. The molecular weight excluding hydrogens is 305 g/mol. The molecule has 2 atom stereocenters. The Morgan fingerprint density at radius 2 is 1.95 bits per heavy atom. The van der Waals surface area contributed by atoms with Crippen molar-refractivity contribution in [3.8, 4) is 0 Å². The highest BCUT2D eigenvalue weighted by Gasteiger charge is 2.59. The summed E-state index contributed by atoms with van der Waals surface area (Å²) in [6.45, 7) is 0. The van der Waals surface area contributed by atoms with E-state index in [9.17, 15) is 8.78 Å². The topological polar surface area (TPSA) is 12.5 Å². The predicted octanol–water partition coefficient (Wildman–Crippen LogP) is 4.82. The molecule has 2 aromatic rings. The van der Waals surface area contributed by atoms with Gasteiger partial charge in [0.25, 0.3) is 0 Å². The lowest BCUT2D eigenvalue weighted by Crippen LogP contribution is -2.15. The SMILES string of the molecule is Fc1ccc(F)c(C2(CCl)OC2c2cccc(Cl)c2)c1. The van der Waals surface area contributed by atoms with Crippen molar-refractivity contribution in [2.75, 3.05) is 5.88 Å². The molecule has 1 heterocycles. The van der Waals surface area contributed by atoms with Gasteiger partial charge in [-0.3, -0.25) is 0 Å². The van der Waals surface area contributed by atoms with Crippen LogP contribution in [0.2, 0.25) is 5.02 Å². The maximum atomic E-state index is 13.9. The molecule has 2 aromatic carbocycles. The van der Waals surface area contributed by atoms with E-state index < -0.39 is 23.3 Å². The Kier molecular flexibility index (Phi) is 3.44. The summed E-state index contributed by atoms with van der Waals surface area (Å²) in [5, 5.41) is 0.557. The Morgan fingerprint density at radius 3 is 2.65 bits per heavy atom. The van der Waals surface area contributed by atoms with Gasteiger partial charge in [0.15, 0.2) is 0 Å². The first-order valence-electron chi connectivity index (χ1n) is 6.01. The van der Waals surface area contributed by atoms with E-state index in [1.165, 1.54) is 0 Å². The van der Waals surface area contributed by atoms with Gasteiger partial charge in [0, 0.05) is 10.6 Å². The number of benzene rings is 2. The van der Waals surface area contributed by atoms with Crippen LogP contribution in [-0.2, 0) is 10.3 Å². The third-order valence-corrected chi connectivity index (χ3v) is 4.06. The Labute approximate surface area is 125 Å². The average molecular weight is 315 g/mol. The molecule has 3 rings (SSSR count). The lowest BCUT2D eigenvalue weighted by molar-refractivity contribution is 0.309. The van der Waals surface area contributed by atoms with E-state index >= 15 is 0 Å². The minimum atomic E-state index is -1.03. The standard InChI is InChI=1S/C15H10Cl2F2O/c16-8-15(12-7-11(18)4-5-13(12)19)14(20-15)9-2-1-3-10(17)6-9/h1-7,14H,8H2. The van der Waals surface area contributed by atoms with Crippen LogP contribution in [0.1, 0.15) is 17.2 Å². The molecule has 1 nitrogen and oxygen atoms in total. The van der Waals surface area contributed by atoms with E-state index in [0.717, 1.165) is 23.8 Å². The van der Waals surface area contributed by atoms with Gasteiger partial charge >= 0.3 is 0 Å². The van der Waals surface area contributed by atoms with Crippen LogP contribution in [0.25, 0.3) is 0 Å². The second-order valence-corrected chi connectivity index (χ2v) is 5.40. The average Bonchev–Trinajstić information content (AvgIpc) is 3.17. The van der Waals surface area contributed by atoms with Crippen molar-refractivity contribution in [2.24, 2.45) is 0 Å². The summed E-state index contributed by atoms with van der Waals surface area (Å²) in [6.07, 6.45) is -0.421. The molecule has 0 aromatic heterocycles. The van der Waals surface area contributed by atoms with Crippen LogP contribution >= 0.6 is 23.2 Å². The maximum absolute atomic E-state index is 13.9. The minimum absolute atomic E-state index is 0.0323. The van der Waals surface area contributed by atoms with Gasteiger partial charge in [-0.15, -0.1) is 11.6 Å². The Morgan fingerprint density at radius 1 is 1.15 bits per heavy atom. The van der Waals surface area contributed by atoms with Crippen molar-refractivity contribution in [3.05, 3.63) is 70.2 Å². The van der Waals surface area contributed by atoms with Crippen molar-refractivity contribution < 1.29 is 13.5 Å². The molecular formula is C15H10Cl2F2O. The van der Waals surface area contributed by atoms with Crippen molar-refractivity contribution in [1.29, 1.82) is 0 Å². The Hall–Kier alpha value is -1.16. The fourth-order valence-corrected chi connectivity index (χ4v) is 2.93. The van der Waals surface area contributed by atoms with Crippen LogP contribution in [0.3, 0.4) is 0 Å². The second kappa shape index (κ2) is 4.99. The molecule has 1 fully saturated rings. The molecule has 104 valence electrons. The number of ether oxygens (including phenoxy) is 1. The van der Waals surface area contributed by atoms with Crippen LogP contribution in [-0.4, -0.2) is 5.88 Å². The Balaban J connectivity index is 2.01. The number of alkyl halides is 1. The summed E-state index contributed by atoms with van der Waals surface area (Å²) < 4.78 is 32.9. The molecule has 1 aliphatic heterocycles. The molecule has 1 saturated heterocycles. The van der Waals surface area contributed by atoms with Gasteiger partial charge < -0.3 is 4.74 Å². The number of rotatable bonds is 3. The largest absolute Gasteiger partial charge is 0.354 e.